The van der Waals surface area contributed by atoms with E-state index in [1.54, 1.807) is 0 Å². The molecule has 0 saturated heterocycles. The average molecular weight is 602 g/mol. The minimum Gasteiger partial charge on any atom is -0.508 e. The maximum Gasteiger partial charge on any atom is 0.251 e. The molecule has 0 saturated carbocycles. The lowest BCUT2D eigenvalue weighted by molar-refractivity contribution is -0.149. The van der Waals surface area contributed by atoms with Gasteiger partial charge in [0.05, 0.1) is 13.2 Å². The lowest BCUT2D eigenvalue weighted by atomic mass is 10.0. The Morgan fingerprint density at radius 1 is 0.756 bits per heavy atom. The molecule has 17 heteroatoms. The van der Waals surface area contributed by atoms with Gasteiger partial charge in [0.15, 0.2) is 12.2 Å². The van der Waals surface area contributed by atoms with Crippen molar-refractivity contribution < 1.29 is 70.5 Å². The van der Waals surface area contributed by atoms with E-state index in [2.05, 4.69) is 10.6 Å². The van der Waals surface area contributed by atoms with Crippen LogP contribution in [0.4, 0.5) is 0 Å². The molecule has 242 valence electrons. The Hall–Kier alpha value is -2.16. The molecule has 0 aliphatic heterocycles. The van der Waals surface area contributed by atoms with Gasteiger partial charge in [-0.2, -0.15) is 0 Å². The van der Waals surface area contributed by atoms with Crippen LogP contribution < -0.4 is 10.6 Å². The zero-order chi connectivity index (χ0) is 31.5. The first kappa shape index (κ1) is 38.8. The van der Waals surface area contributed by atoms with Gasteiger partial charge in [-0.05, 0) is 12.8 Å². The van der Waals surface area contributed by atoms with Gasteiger partial charge in [0, 0.05) is 39.0 Å². The molecule has 8 unspecified atom stereocenters. The minimum absolute atomic E-state index is 0.0400. The van der Waals surface area contributed by atoms with Gasteiger partial charge >= 0.3 is 0 Å². The van der Waals surface area contributed by atoms with Crippen LogP contribution in [0.25, 0.3) is 0 Å². The fraction of sp³-hybridized carbons (Fsp3) is 0.833. The smallest absolute Gasteiger partial charge is 0.251 e. The molecule has 0 fully saturated rings. The zero-order valence-electron chi connectivity index (χ0n) is 23.1. The van der Waals surface area contributed by atoms with E-state index >= 15 is 0 Å². The van der Waals surface area contributed by atoms with Crippen LogP contribution in [0.15, 0.2) is 12.0 Å². The minimum atomic E-state index is -2.12. The fourth-order valence-corrected chi connectivity index (χ4v) is 3.29. The largest absolute Gasteiger partial charge is 0.508 e. The number of hydrogen-bond acceptors (Lipinski definition) is 15. The molecule has 17 nitrogen and oxygen atoms in total. The summed E-state index contributed by atoms with van der Waals surface area (Å²) in [4.78, 5) is 25.8. The Kier molecular flexibility index (Phi) is 20.4. The van der Waals surface area contributed by atoms with Crippen LogP contribution in [0.3, 0.4) is 0 Å². The third-order valence-electron chi connectivity index (χ3n) is 5.89. The third-order valence-corrected chi connectivity index (χ3v) is 5.89. The molecule has 13 N–H and O–H groups in total. The van der Waals surface area contributed by atoms with Gasteiger partial charge in [-0.25, -0.2) is 0 Å². The number of aliphatic hydroxyl groups excluding tert-OH is 11. The molecule has 0 aliphatic carbocycles. The van der Waals surface area contributed by atoms with Crippen molar-refractivity contribution in [3.05, 3.63) is 12.0 Å². The Morgan fingerprint density at radius 2 is 1.24 bits per heavy atom. The molecule has 2 amide bonds. The van der Waals surface area contributed by atoms with Gasteiger partial charge in [-0.3, -0.25) is 9.59 Å². The summed E-state index contributed by atoms with van der Waals surface area (Å²) < 4.78 is 5.34. The quantitative estimate of drug-likeness (QED) is 0.0383. The van der Waals surface area contributed by atoms with Crippen molar-refractivity contribution >= 4 is 11.8 Å². The van der Waals surface area contributed by atoms with E-state index in [1.165, 1.54) is 11.1 Å². The second-order valence-corrected chi connectivity index (χ2v) is 9.35. The van der Waals surface area contributed by atoms with E-state index in [0.29, 0.717) is 6.61 Å². The predicted molar refractivity (Wildman–Crippen MR) is 141 cm³/mol. The Labute approximate surface area is 237 Å². The summed E-state index contributed by atoms with van der Waals surface area (Å²) in [5, 5.41) is 110. The molecule has 0 aromatic rings. The van der Waals surface area contributed by atoms with Gasteiger partial charge in [-0.1, -0.05) is 13.3 Å². The van der Waals surface area contributed by atoms with Gasteiger partial charge in [0.1, 0.15) is 49.0 Å². The van der Waals surface area contributed by atoms with Crippen LogP contribution in [-0.2, 0) is 14.3 Å². The molecule has 0 aliphatic rings. The maximum absolute atomic E-state index is 12.2. The molecule has 8 atom stereocenters. The molecule has 41 heavy (non-hydrogen) atoms. The predicted octanol–water partition coefficient (Wildman–Crippen LogP) is -6.00. The third kappa shape index (κ3) is 15.0. The summed E-state index contributed by atoms with van der Waals surface area (Å²) in [7, 11) is 0. The topological polar surface area (TPSA) is 293 Å². The SMILES string of the molecule is CCCCOC/C(O)=C/N(CCCNC(=O)C(O)C(O)C(O)C(O)CO)CCNC(=O)C(O)C(O)C(O)C(O)CO. The van der Waals surface area contributed by atoms with E-state index in [9.17, 15) is 55.5 Å². The molecule has 0 heterocycles. The number of hydrogen-bond donors (Lipinski definition) is 13. The molecule has 0 spiro atoms. The van der Waals surface area contributed by atoms with Crippen LogP contribution in [0.2, 0.25) is 0 Å². The second-order valence-electron chi connectivity index (χ2n) is 9.35. The zero-order valence-corrected chi connectivity index (χ0v) is 23.1. The highest BCUT2D eigenvalue weighted by Gasteiger charge is 2.35. The number of ether oxygens (including phenoxy) is 1. The first-order chi connectivity index (χ1) is 19.3. The van der Waals surface area contributed by atoms with Crippen molar-refractivity contribution in [3.63, 3.8) is 0 Å². The summed E-state index contributed by atoms with van der Waals surface area (Å²) in [6.45, 7) is 0.552. The van der Waals surface area contributed by atoms with Crippen LogP contribution in [0, 0.1) is 0 Å². The van der Waals surface area contributed by atoms with Crippen LogP contribution in [0.1, 0.15) is 26.2 Å². The number of amides is 2. The average Bonchev–Trinajstić information content (AvgIpc) is 2.97. The van der Waals surface area contributed by atoms with Crippen molar-refractivity contribution in [2.24, 2.45) is 0 Å². The van der Waals surface area contributed by atoms with Crippen LogP contribution in [0.5, 0.6) is 0 Å². The first-order valence-corrected chi connectivity index (χ1v) is 13.2. The molecule has 0 radical (unpaired) electrons. The highest BCUT2D eigenvalue weighted by atomic mass is 16.5. The van der Waals surface area contributed by atoms with Gasteiger partial charge in [0.25, 0.3) is 11.8 Å². The van der Waals surface area contributed by atoms with Crippen molar-refractivity contribution in [1.29, 1.82) is 0 Å². The molecule has 0 aromatic heterocycles. The normalized spacial score (nSPS) is 18.0. The highest BCUT2D eigenvalue weighted by molar-refractivity contribution is 5.81. The van der Waals surface area contributed by atoms with Crippen LogP contribution in [-0.4, -0.2) is 174 Å². The molecule has 0 aromatic carbocycles. The number of unbranched alkanes of at least 4 members (excludes halogenated alkanes) is 1. The fourth-order valence-electron chi connectivity index (χ4n) is 3.29. The summed E-state index contributed by atoms with van der Waals surface area (Å²) >= 11 is 0. The number of nitrogens with zero attached hydrogens (tertiary/aromatic N) is 1. The van der Waals surface area contributed by atoms with Gasteiger partial charge in [-0.15, -0.1) is 0 Å². The first-order valence-electron chi connectivity index (χ1n) is 13.2. The van der Waals surface area contributed by atoms with Crippen LogP contribution >= 0.6 is 0 Å². The van der Waals surface area contributed by atoms with E-state index < -0.39 is 73.9 Å². The molecular weight excluding hydrogens is 554 g/mol. The number of aliphatic hydroxyl groups is 11. The molecule has 0 bridgehead atoms. The lowest BCUT2D eigenvalue weighted by Gasteiger charge is -2.26. The highest BCUT2D eigenvalue weighted by Crippen LogP contribution is 2.07. The van der Waals surface area contributed by atoms with Gasteiger partial charge < -0.3 is 76.4 Å². The summed E-state index contributed by atoms with van der Waals surface area (Å²) in [5.74, 6) is -2.28. The number of carbonyl (C=O) groups excluding carboxylic acids is 2. The van der Waals surface area contributed by atoms with Crippen molar-refractivity contribution in [2.45, 2.75) is 75.0 Å². The summed E-state index contributed by atoms with van der Waals surface area (Å²) in [6, 6.07) is 0. The van der Waals surface area contributed by atoms with Gasteiger partial charge in [0.2, 0.25) is 0 Å². The molecular formula is C24H47N3O14. The van der Waals surface area contributed by atoms with Crippen molar-refractivity contribution in [1.82, 2.24) is 15.5 Å². The number of rotatable bonds is 23. The number of nitrogens with one attached hydrogen (secondary N) is 2. The number of carbonyl (C=O) groups is 2. The summed E-state index contributed by atoms with van der Waals surface area (Å²) in [6.07, 6.45) is -12.6. The van der Waals surface area contributed by atoms with E-state index in [-0.39, 0.29) is 45.0 Å². The monoisotopic (exact) mass is 601 g/mol. The Bertz CT molecular complexity index is 761. The van der Waals surface area contributed by atoms with E-state index in [0.717, 1.165) is 12.8 Å². The van der Waals surface area contributed by atoms with Crippen molar-refractivity contribution in [2.75, 3.05) is 52.6 Å². The summed E-state index contributed by atoms with van der Waals surface area (Å²) in [5.41, 5.74) is 0. The molecule has 0 rings (SSSR count). The standard InChI is InChI=1S/C24H47N3O14/c1-2-3-9-41-13-14(30)10-27(8-6-26-24(40)22(38)20(36)18(34)16(32)12-29)7-4-5-25-23(39)21(37)19(35)17(33)15(31)11-28/h10,15-22,28-38H,2-9,11-13H2,1H3,(H,25,39)(H,26,40)/b14-10-. The second kappa shape index (κ2) is 21.5. The van der Waals surface area contributed by atoms with E-state index in [4.69, 9.17) is 14.9 Å². The lowest BCUT2D eigenvalue weighted by Crippen LogP contribution is -2.52. The maximum atomic E-state index is 12.2. The van der Waals surface area contributed by atoms with Crippen molar-refractivity contribution in [3.8, 4) is 0 Å². The Morgan fingerprint density at radius 3 is 1.71 bits per heavy atom. The Balaban J connectivity index is 5.00. The van der Waals surface area contributed by atoms with E-state index in [1.807, 2.05) is 6.92 Å².